The van der Waals surface area contributed by atoms with Crippen LogP contribution in [0.1, 0.15) is 39.7 Å². The van der Waals surface area contributed by atoms with Crippen molar-refractivity contribution in [2.45, 2.75) is 29.5 Å². The molecule has 0 aliphatic carbocycles. The number of aromatic nitrogens is 3. The van der Waals surface area contributed by atoms with Gasteiger partial charge in [-0.15, -0.1) is 16.4 Å². The normalized spacial score (nSPS) is 15.5. The fraction of sp³-hybridized carbons (Fsp3) is 0.261. The monoisotopic (exact) mass is 513 g/mol. The van der Waals surface area contributed by atoms with Crippen molar-refractivity contribution in [2.75, 3.05) is 13.1 Å². The molecule has 1 saturated heterocycles. The Morgan fingerprint density at radius 1 is 1.09 bits per heavy atom. The lowest BCUT2D eigenvalue weighted by atomic mass is 10.0. The van der Waals surface area contributed by atoms with Gasteiger partial charge < -0.3 is 15.9 Å². The van der Waals surface area contributed by atoms with E-state index in [1.165, 1.54) is 22.5 Å². The van der Waals surface area contributed by atoms with Crippen molar-refractivity contribution in [2.24, 2.45) is 5.73 Å². The van der Waals surface area contributed by atoms with Crippen molar-refractivity contribution in [3.63, 3.8) is 0 Å². The van der Waals surface area contributed by atoms with Crippen molar-refractivity contribution in [3.05, 3.63) is 64.5 Å². The lowest BCUT2D eigenvalue weighted by molar-refractivity contribution is 0.0999. The minimum atomic E-state index is -3.71. The Balaban J connectivity index is 1.32. The number of amides is 1. The number of phenols is 2. The summed E-state index contributed by atoms with van der Waals surface area (Å²) in [6.07, 6.45) is 1.29. The van der Waals surface area contributed by atoms with Gasteiger partial charge >= 0.3 is 0 Å². The first kappa shape index (κ1) is 23.3. The second-order valence-corrected chi connectivity index (χ2v) is 11.7. The van der Waals surface area contributed by atoms with Crippen LogP contribution in [0.15, 0.2) is 52.7 Å². The number of nitrogens with two attached hydrogens (primary N) is 1. The topological polar surface area (TPSA) is 152 Å². The number of fused-ring (bicyclic) bond motifs is 1. The van der Waals surface area contributed by atoms with Crippen LogP contribution in [0.4, 0.5) is 0 Å². The summed E-state index contributed by atoms with van der Waals surface area (Å²) in [6, 6.07) is 13.4. The maximum Gasteiger partial charge on any atom is 0.252 e. The number of sulfonamides is 1. The van der Waals surface area contributed by atoms with Gasteiger partial charge in [0.15, 0.2) is 11.5 Å². The molecule has 1 amide bonds. The Morgan fingerprint density at radius 3 is 2.57 bits per heavy atom. The first-order chi connectivity index (χ1) is 16.8. The number of aromatic hydroxyl groups is 2. The third-order valence-corrected chi connectivity index (χ3v) is 9.71. The van der Waals surface area contributed by atoms with Crippen molar-refractivity contribution in [3.8, 4) is 11.5 Å². The van der Waals surface area contributed by atoms with Gasteiger partial charge in [0.2, 0.25) is 5.91 Å². The molecule has 10 nitrogen and oxygen atoms in total. The fourth-order valence-electron chi connectivity index (χ4n) is 4.41. The van der Waals surface area contributed by atoms with E-state index >= 15 is 0 Å². The van der Waals surface area contributed by atoms with E-state index in [0.29, 0.717) is 30.8 Å². The summed E-state index contributed by atoms with van der Waals surface area (Å²) < 4.78 is 30.1. The number of hydrogen-bond donors (Lipinski definition) is 3. The molecule has 0 radical (unpaired) electrons. The third kappa shape index (κ3) is 4.24. The highest BCUT2D eigenvalue weighted by Crippen LogP contribution is 2.36. The zero-order valence-electron chi connectivity index (χ0n) is 18.5. The molecule has 4 N–H and O–H groups in total. The first-order valence-corrected chi connectivity index (χ1v) is 13.2. The van der Waals surface area contributed by atoms with E-state index in [2.05, 4.69) is 10.3 Å². The molecule has 1 aliphatic heterocycles. The molecule has 0 spiro atoms. The van der Waals surface area contributed by atoms with Gasteiger partial charge in [0.05, 0.1) is 11.6 Å². The summed E-state index contributed by atoms with van der Waals surface area (Å²) in [7, 11) is -3.71. The van der Waals surface area contributed by atoms with Gasteiger partial charge in [0.25, 0.3) is 10.0 Å². The maximum absolute atomic E-state index is 13.3. The Kier molecular flexibility index (Phi) is 5.95. The Bertz CT molecular complexity index is 1520. The van der Waals surface area contributed by atoms with Gasteiger partial charge in [0, 0.05) is 35.5 Å². The minimum absolute atomic E-state index is 0.0557. The highest BCUT2D eigenvalue weighted by molar-refractivity contribution is 7.91. The summed E-state index contributed by atoms with van der Waals surface area (Å²) in [4.78, 5) is 12.4. The second kappa shape index (κ2) is 8.95. The zero-order chi connectivity index (χ0) is 24.7. The lowest BCUT2D eigenvalue weighted by Crippen LogP contribution is -2.38. The molecule has 0 saturated carbocycles. The van der Waals surface area contributed by atoms with Crippen LogP contribution in [0.25, 0.3) is 11.0 Å². The molecule has 3 heterocycles. The van der Waals surface area contributed by atoms with Gasteiger partial charge in [-0.2, -0.15) is 4.31 Å². The van der Waals surface area contributed by atoms with Crippen LogP contribution in [0.5, 0.6) is 11.5 Å². The molecule has 35 heavy (non-hydrogen) atoms. The molecule has 1 fully saturated rings. The van der Waals surface area contributed by atoms with Crippen molar-refractivity contribution < 1.29 is 23.4 Å². The second-order valence-electron chi connectivity index (χ2n) is 8.38. The van der Waals surface area contributed by atoms with Gasteiger partial charge in [-0.05, 0) is 49.2 Å². The van der Waals surface area contributed by atoms with Gasteiger partial charge in [-0.25, -0.2) is 13.1 Å². The number of benzene rings is 2. The number of thiophene rings is 1. The SMILES string of the molecule is NC(=O)c1ccc(O)c(O)c1Cc1ccc(S(=O)(=O)N2CCC(n3nnc4ccccc43)CC2)s1. The van der Waals surface area contributed by atoms with E-state index in [-0.39, 0.29) is 33.5 Å². The molecule has 5 rings (SSSR count). The van der Waals surface area contributed by atoms with E-state index in [4.69, 9.17) is 5.73 Å². The van der Waals surface area contributed by atoms with Crippen LogP contribution < -0.4 is 5.73 Å². The van der Waals surface area contributed by atoms with Crippen molar-refractivity contribution in [1.29, 1.82) is 0 Å². The lowest BCUT2D eigenvalue weighted by Gasteiger charge is -2.30. The highest BCUT2D eigenvalue weighted by Gasteiger charge is 2.32. The fourth-order valence-corrected chi connectivity index (χ4v) is 7.40. The average molecular weight is 514 g/mol. The summed E-state index contributed by atoms with van der Waals surface area (Å²) in [5.41, 5.74) is 7.37. The molecule has 0 atom stereocenters. The number of carbonyl (C=O) groups excluding carboxylic acids is 1. The summed E-state index contributed by atoms with van der Waals surface area (Å²) in [5, 5.41) is 28.5. The summed E-state index contributed by atoms with van der Waals surface area (Å²) in [6.45, 7) is 0.710. The van der Waals surface area contributed by atoms with Crippen LogP contribution in [0.3, 0.4) is 0 Å². The number of piperidine rings is 1. The predicted molar refractivity (Wildman–Crippen MR) is 130 cm³/mol. The number of nitrogens with zero attached hydrogens (tertiary/aromatic N) is 4. The number of primary amides is 1. The minimum Gasteiger partial charge on any atom is -0.504 e. The van der Waals surface area contributed by atoms with Crippen molar-refractivity contribution in [1.82, 2.24) is 19.3 Å². The molecule has 0 unspecified atom stereocenters. The molecule has 1 aliphatic rings. The molecular weight excluding hydrogens is 490 g/mol. The molecule has 12 heteroatoms. The zero-order valence-corrected chi connectivity index (χ0v) is 20.2. The van der Waals surface area contributed by atoms with E-state index in [0.717, 1.165) is 22.4 Å². The molecule has 182 valence electrons. The average Bonchev–Trinajstić information content (AvgIpc) is 3.50. The number of rotatable bonds is 6. The van der Waals surface area contributed by atoms with E-state index in [1.54, 1.807) is 6.07 Å². The number of hydrogen-bond acceptors (Lipinski definition) is 8. The molecule has 2 aromatic heterocycles. The standard InChI is InChI=1S/C23H23N5O5S2/c24-23(31)16-6-7-20(29)22(30)17(16)13-15-5-8-21(34-15)35(32,33)27-11-9-14(10-12-27)28-19-4-2-1-3-18(19)25-26-28/h1-8,14,29-30H,9-13H2,(H2,24,31). The van der Waals surface area contributed by atoms with E-state index in [1.807, 2.05) is 28.9 Å². The molecule has 2 aromatic carbocycles. The van der Waals surface area contributed by atoms with Crippen LogP contribution in [0.2, 0.25) is 0 Å². The molecule has 0 bridgehead atoms. The quantitative estimate of drug-likeness (QED) is 0.335. The van der Waals surface area contributed by atoms with Crippen LogP contribution in [0, 0.1) is 0 Å². The first-order valence-electron chi connectivity index (χ1n) is 11.0. The smallest absolute Gasteiger partial charge is 0.252 e. The Labute approximate surface area is 205 Å². The number of phenolic OH excluding ortho intramolecular Hbond substituents is 2. The number of para-hydroxylation sites is 1. The van der Waals surface area contributed by atoms with Crippen LogP contribution >= 0.6 is 11.3 Å². The summed E-state index contributed by atoms with van der Waals surface area (Å²) in [5.74, 6) is -1.57. The maximum atomic E-state index is 13.3. The van der Waals surface area contributed by atoms with Crippen LogP contribution in [-0.4, -0.2) is 56.9 Å². The molecular formula is C23H23N5O5S2. The van der Waals surface area contributed by atoms with Gasteiger partial charge in [-0.3, -0.25) is 4.79 Å². The highest BCUT2D eigenvalue weighted by atomic mass is 32.2. The van der Waals surface area contributed by atoms with E-state index < -0.39 is 21.7 Å². The van der Waals surface area contributed by atoms with Gasteiger partial charge in [0.1, 0.15) is 9.73 Å². The Hall–Kier alpha value is -3.48. The number of carbonyl (C=O) groups is 1. The van der Waals surface area contributed by atoms with Crippen LogP contribution in [-0.2, 0) is 16.4 Å². The Morgan fingerprint density at radius 2 is 1.83 bits per heavy atom. The largest absolute Gasteiger partial charge is 0.504 e. The molecule has 4 aromatic rings. The van der Waals surface area contributed by atoms with E-state index in [9.17, 15) is 23.4 Å². The predicted octanol–water partition coefficient (Wildman–Crippen LogP) is 2.62. The van der Waals surface area contributed by atoms with Gasteiger partial charge in [-0.1, -0.05) is 17.3 Å². The third-order valence-electron chi connectivity index (χ3n) is 6.26. The summed E-state index contributed by atoms with van der Waals surface area (Å²) >= 11 is 1.06. The van der Waals surface area contributed by atoms with Crippen molar-refractivity contribution >= 4 is 38.3 Å².